The topological polar surface area (TPSA) is 48.1 Å². The van der Waals surface area contributed by atoms with E-state index in [1.54, 1.807) is 0 Å². The highest BCUT2D eigenvalue weighted by atomic mass is 19.1. The molecule has 3 nitrogen and oxygen atoms in total. The number of nitrogen functional groups attached to an aromatic ring is 1. The Hall–Kier alpha value is -2.31. The summed E-state index contributed by atoms with van der Waals surface area (Å²) in [5.74, 6) is -5.79. The van der Waals surface area contributed by atoms with E-state index < -0.39 is 40.7 Å². The van der Waals surface area contributed by atoms with Crippen molar-refractivity contribution in [2.45, 2.75) is 0 Å². The zero-order valence-corrected chi connectivity index (χ0v) is 8.75. The number of pyridine rings is 1. The van der Waals surface area contributed by atoms with E-state index >= 15 is 0 Å². The molecule has 2 N–H and O–H groups in total. The second-order valence-corrected chi connectivity index (χ2v) is 3.32. The van der Waals surface area contributed by atoms with Gasteiger partial charge in [0, 0.05) is 12.1 Å². The highest BCUT2D eigenvalue weighted by Crippen LogP contribution is 2.27. The van der Waals surface area contributed by atoms with Gasteiger partial charge in [-0.1, -0.05) is 0 Å². The molecule has 1 heterocycles. The Labute approximate surface area is 98.8 Å². The highest BCUT2D eigenvalue weighted by Gasteiger charge is 2.14. The van der Waals surface area contributed by atoms with Crippen molar-refractivity contribution in [3.8, 4) is 11.6 Å². The van der Waals surface area contributed by atoms with Gasteiger partial charge in [-0.05, 0) is 12.1 Å². The summed E-state index contributed by atoms with van der Waals surface area (Å²) >= 11 is 0. The molecule has 0 atom stereocenters. The fourth-order valence-corrected chi connectivity index (χ4v) is 1.20. The Kier molecular flexibility index (Phi) is 3.05. The van der Waals surface area contributed by atoms with Gasteiger partial charge in [0.05, 0.1) is 0 Å². The first-order valence-electron chi connectivity index (χ1n) is 4.72. The van der Waals surface area contributed by atoms with E-state index in [1.165, 1.54) is 0 Å². The molecule has 0 radical (unpaired) electrons. The number of ether oxygens (including phenoxy) is 1. The number of halogens is 4. The fourth-order valence-electron chi connectivity index (χ4n) is 1.20. The van der Waals surface area contributed by atoms with E-state index in [2.05, 4.69) is 4.98 Å². The molecule has 0 amide bonds. The lowest BCUT2D eigenvalue weighted by Gasteiger charge is -2.07. The predicted molar refractivity (Wildman–Crippen MR) is 55.0 cm³/mol. The molecule has 0 aliphatic rings. The number of benzene rings is 1. The Bertz CT molecular complexity index is 604. The van der Waals surface area contributed by atoms with Crippen LogP contribution in [0.25, 0.3) is 0 Å². The second-order valence-electron chi connectivity index (χ2n) is 3.32. The van der Waals surface area contributed by atoms with Crippen LogP contribution >= 0.6 is 0 Å². The van der Waals surface area contributed by atoms with E-state index in [-0.39, 0.29) is 0 Å². The van der Waals surface area contributed by atoms with Crippen LogP contribution in [0.15, 0.2) is 24.3 Å². The summed E-state index contributed by atoms with van der Waals surface area (Å²) in [7, 11) is 0. The van der Waals surface area contributed by atoms with Gasteiger partial charge in [-0.15, -0.1) is 0 Å². The van der Waals surface area contributed by atoms with Gasteiger partial charge in [0.2, 0.25) is 0 Å². The Morgan fingerprint density at radius 3 is 2.33 bits per heavy atom. The third-order valence-corrected chi connectivity index (χ3v) is 2.03. The fraction of sp³-hybridized carbons (Fsp3) is 0. The van der Waals surface area contributed by atoms with Gasteiger partial charge in [0.25, 0.3) is 5.88 Å². The van der Waals surface area contributed by atoms with Gasteiger partial charge >= 0.3 is 0 Å². The van der Waals surface area contributed by atoms with Gasteiger partial charge in [0.1, 0.15) is 5.82 Å². The van der Waals surface area contributed by atoms with E-state index in [9.17, 15) is 17.6 Å². The molecular formula is C11H6F4N2O. The molecule has 0 spiro atoms. The molecule has 0 aliphatic heterocycles. The van der Waals surface area contributed by atoms with E-state index in [0.29, 0.717) is 12.1 Å². The maximum absolute atomic E-state index is 13.2. The standard InChI is InChI=1S/C11H6F4N2O/c12-5-1-2-9(6(13)3-5)18-11-8(15)4-7(14)10(16)17-11/h1-4H,(H2,16,17). The summed E-state index contributed by atoms with van der Waals surface area (Å²) in [5.41, 5.74) is 5.12. The third kappa shape index (κ3) is 2.34. The number of hydrogen-bond donors (Lipinski definition) is 1. The molecule has 2 rings (SSSR count). The molecular weight excluding hydrogens is 252 g/mol. The number of anilines is 1. The van der Waals surface area contributed by atoms with Crippen molar-refractivity contribution in [1.82, 2.24) is 4.98 Å². The van der Waals surface area contributed by atoms with Gasteiger partial charge in [-0.3, -0.25) is 0 Å². The number of aromatic nitrogens is 1. The molecule has 1 aromatic carbocycles. The van der Waals surface area contributed by atoms with Crippen molar-refractivity contribution >= 4 is 5.82 Å². The largest absolute Gasteiger partial charge is 0.433 e. The minimum absolute atomic E-state index is 0.450. The lowest BCUT2D eigenvalue weighted by Crippen LogP contribution is -2.01. The minimum Gasteiger partial charge on any atom is -0.433 e. The molecule has 2 aromatic rings. The van der Waals surface area contributed by atoms with Crippen molar-refractivity contribution in [3.05, 3.63) is 47.5 Å². The molecule has 0 saturated heterocycles. The molecule has 7 heteroatoms. The van der Waals surface area contributed by atoms with Crippen molar-refractivity contribution < 1.29 is 22.3 Å². The minimum atomic E-state index is -1.15. The summed E-state index contributed by atoms with van der Waals surface area (Å²) in [6.45, 7) is 0. The summed E-state index contributed by atoms with van der Waals surface area (Å²) in [5, 5.41) is 0. The molecule has 0 aliphatic carbocycles. The predicted octanol–water partition coefficient (Wildman–Crippen LogP) is 3.01. The first-order chi connectivity index (χ1) is 8.47. The number of hydrogen-bond acceptors (Lipinski definition) is 3. The normalized spacial score (nSPS) is 10.4. The molecule has 0 bridgehead atoms. The number of rotatable bonds is 2. The quantitative estimate of drug-likeness (QED) is 0.842. The average molecular weight is 258 g/mol. The second kappa shape index (κ2) is 4.52. The van der Waals surface area contributed by atoms with Crippen LogP contribution in [-0.2, 0) is 0 Å². The third-order valence-electron chi connectivity index (χ3n) is 2.03. The van der Waals surface area contributed by atoms with Crippen molar-refractivity contribution in [2.24, 2.45) is 0 Å². The van der Waals surface area contributed by atoms with Crippen molar-refractivity contribution in [2.75, 3.05) is 5.73 Å². The zero-order valence-electron chi connectivity index (χ0n) is 8.75. The smallest absolute Gasteiger partial charge is 0.258 e. The SMILES string of the molecule is Nc1nc(Oc2ccc(F)cc2F)c(F)cc1F. The highest BCUT2D eigenvalue weighted by molar-refractivity contribution is 5.37. The number of nitrogens with two attached hydrogens (primary N) is 1. The lowest BCUT2D eigenvalue weighted by atomic mass is 10.3. The molecule has 0 unspecified atom stereocenters. The van der Waals surface area contributed by atoms with Gasteiger partial charge < -0.3 is 10.5 Å². The lowest BCUT2D eigenvalue weighted by molar-refractivity contribution is 0.393. The summed E-state index contributed by atoms with van der Waals surface area (Å²) in [6.07, 6.45) is 0. The van der Waals surface area contributed by atoms with Gasteiger partial charge in [0.15, 0.2) is 29.0 Å². The Morgan fingerprint density at radius 2 is 1.67 bits per heavy atom. The van der Waals surface area contributed by atoms with Gasteiger partial charge in [-0.25, -0.2) is 17.6 Å². The molecule has 0 saturated carbocycles. The van der Waals surface area contributed by atoms with Crippen molar-refractivity contribution in [3.63, 3.8) is 0 Å². The van der Waals surface area contributed by atoms with Crippen LogP contribution in [0.2, 0.25) is 0 Å². The van der Waals surface area contributed by atoms with Crippen LogP contribution < -0.4 is 10.5 Å². The summed E-state index contributed by atoms with van der Waals surface area (Å²) in [6, 6.07) is 2.88. The maximum Gasteiger partial charge on any atom is 0.258 e. The van der Waals surface area contributed by atoms with E-state index in [1.807, 2.05) is 0 Å². The molecule has 94 valence electrons. The monoisotopic (exact) mass is 258 g/mol. The van der Waals surface area contributed by atoms with Crippen LogP contribution in [0, 0.1) is 23.3 Å². The average Bonchev–Trinajstić information content (AvgIpc) is 2.29. The number of nitrogens with zero attached hydrogens (tertiary/aromatic N) is 1. The summed E-state index contributed by atoms with van der Waals surface area (Å²) < 4.78 is 56.7. The van der Waals surface area contributed by atoms with Crippen LogP contribution in [0.3, 0.4) is 0 Å². The molecule has 18 heavy (non-hydrogen) atoms. The first kappa shape index (κ1) is 12.2. The van der Waals surface area contributed by atoms with Crippen LogP contribution in [0.1, 0.15) is 0 Å². The maximum atomic E-state index is 13.2. The van der Waals surface area contributed by atoms with Crippen molar-refractivity contribution in [1.29, 1.82) is 0 Å². The Morgan fingerprint density at radius 1 is 0.944 bits per heavy atom. The molecule has 1 aromatic heterocycles. The van der Waals surface area contributed by atoms with Crippen LogP contribution in [-0.4, -0.2) is 4.98 Å². The Balaban J connectivity index is 2.37. The van der Waals surface area contributed by atoms with E-state index in [0.717, 1.165) is 12.1 Å². The molecule has 0 fully saturated rings. The van der Waals surface area contributed by atoms with Crippen LogP contribution in [0.4, 0.5) is 23.4 Å². The summed E-state index contributed by atoms with van der Waals surface area (Å²) in [4.78, 5) is 3.28. The zero-order chi connectivity index (χ0) is 13.3. The van der Waals surface area contributed by atoms with Gasteiger partial charge in [-0.2, -0.15) is 4.98 Å². The first-order valence-corrected chi connectivity index (χ1v) is 4.72. The van der Waals surface area contributed by atoms with E-state index in [4.69, 9.17) is 10.5 Å². The van der Waals surface area contributed by atoms with Crippen LogP contribution in [0.5, 0.6) is 11.6 Å².